The van der Waals surface area contributed by atoms with Crippen molar-refractivity contribution >= 4 is 11.8 Å². The highest BCUT2D eigenvalue weighted by molar-refractivity contribution is 7.98. The monoisotopic (exact) mass is 233 g/mol. The molecule has 0 radical (unpaired) electrons. The van der Waals surface area contributed by atoms with Crippen LogP contribution in [0, 0.1) is 5.92 Å². The summed E-state index contributed by atoms with van der Waals surface area (Å²) in [5.41, 5.74) is -0.0187. The van der Waals surface area contributed by atoms with Crippen molar-refractivity contribution in [2.45, 2.75) is 45.8 Å². The van der Waals surface area contributed by atoms with Gasteiger partial charge < -0.3 is 10.1 Å². The molecule has 0 bridgehead atoms. The van der Waals surface area contributed by atoms with E-state index in [1.54, 1.807) is 7.11 Å². The van der Waals surface area contributed by atoms with Gasteiger partial charge in [0.15, 0.2) is 0 Å². The number of thioether (sulfide) groups is 1. The number of nitrogens with one attached hydrogen (secondary N) is 1. The van der Waals surface area contributed by atoms with E-state index in [9.17, 15) is 0 Å². The molecule has 0 aromatic heterocycles. The lowest BCUT2D eigenvalue weighted by atomic mass is 9.99. The van der Waals surface area contributed by atoms with E-state index in [-0.39, 0.29) is 5.60 Å². The van der Waals surface area contributed by atoms with Crippen molar-refractivity contribution in [3.8, 4) is 0 Å². The van der Waals surface area contributed by atoms with E-state index in [1.165, 1.54) is 5.75 Å². The maximum atomic E-state index is 5.42. The van der Waals surface area contributed by atoms with Crippen LogP contribution in [0.4, 0.5) is 0 Å². The molecular formula is C12H27NOS. The number of hydrogen-bond donors (Lipinski definition) is 1. The van der Waals surface area contributed by atoms with Crippen LogP contribution in [-0.2, 0) is 4.74 Å². The molecule has 0 amide bonds. The van der Waals surface area contributed by atoms with Gasteiger partial charge in [0.2, 0.25) is 0 Å². The van der Waals surface area contributed by atoms with E-state index < -0.39 is 0 Å². The molecule has 0 fully saturated rings. The van der Waals surface area contributed by atoms with Crippen LogP contribution in [0.15, 0.2) is 0 Å². The Hall–Kier alpha value is 0.270. The van der Waals surface area contributed by atoms with E-state index in [0.29, 0.717) is 6.04 Å². The molecule has 0 saturated carbocycles. The molecule has 2 nitrogen and oxygen atoms in total. The second kappa shape index (κ2) is 7.53. The smallest absolute Gasteiger partial charge is 0.0637 e. The standard InChI is InChI=1S/C12H27NOS/c1-10(9-15-6)8-13-11(2)7-12(3,4)14-5/h10-11,13H,7-9H2,1-6H3. The van der Waals surface area contributed by atoms with Gasteiger partial charge in [-0.1, -0.05) is 6.92 Å². The van der Waals surface area contributed by atoms with Crippen LogP contribution in [0.3, 0.4) is 0 Å². The Labute approximate surface area is 99.5 Å². The minimum atomic E-state index is -0.0187. The van der Waals surface area contributed by atoms with Crippen LogP contribution < -0.4 is 5.32 Å². The van der Waals surface area contributed by atoms with Crippen molar-refractivity contribution in [1.29, 1.82) is 0 Å². The van der Waals surface area contributed by atoms with Crippen molar-refractivity contribution in [1.82, 2.24) is 5.32 Å². The largest absolute Gasteiger partial charge is 0.379 e. The zero-order chi connectivity index (χ0) is 11.9. The normalized spacial score (nSPS) is 16.4. The van der Waals surface area contributed by atoms with Gasteiger partial charge in [0, 0.05) is 13.2 Å². The number of rotatable bonds is 8. The molecule has 0 aliphatic carbocycles. The lowest BCUT2D eigenvalue weighted by molar-refractivity contribution is 0.00841. The highest BCUT2D eigenvalue weighted by Gasteiger charge is 2.19. The fourth-order valence-corrected chi connectivity index (χ4v) is 2.33. The molecule has 0 heterocycles. The van der Waals surface area contributed by atoms with Gasteiger partial charge in [-0.15, -0.1) is 0 Å². The van der Waals surface area contributed by atoms with Crippen LogP contribution in [0.2, 0.25) is 0 Å². The maximum absolute atomic E-state index is 5.42. The summed E-state index contributed by atoms with van der Waals surface area (Å²) in [6, 6.07) is 0.518. The summed E-state index contributed by atoms with van der Waals surface area (Å²) in [5, 5.41) is 3.56. The van der Waals surface area contributed by atoms with Gasteiger partial charge in [0.25, 0.3) is 0 Å². The van der Waals surface area contributed by atoms with Crippen LogP contribution in [-0.4, -0.2) is 37.3 Å². The molecule has 0 aliphatic rings. The summed E-state index contributed by atoms with van der Waals surface area (Å²) in [4.78, 5) is 0. The summed E-state index contributed by atoms with van der Waals surface area (Å²) in [6.07, 6.45) is 3.21. The molecular weight excluding hydrogens is 206 g/mol. The average Bonchev–Trinajstić information content (AvgIpc) is 2.15. The van der Waals surface area contributed by atoms with Crippen molar-refractivity contribution in [2.75, 3.05) is 25.7 Å². The highest BCUT2D eigenvalue weighted by atomic mass is 32.2. The van der Waals surface area contributed by atoms with E-state index in [4.69, 9.17) is 4.74 Å². The van der Waals surface area contributed by atoms with Crippen molar-refractivity contribution < 1.29 is 4.74 Å². The molecule has 1 N–H and O–H groups in total. The third kappa shape index (κ3) is 8.12. The second-order valence-electron chi connectivity index (χ2n) is 5.04. The minimum absolute atomic E-state index is 0.0187. The molecule has 2 atom stereocenters. The van der Waals surface area contributed by atoms with Gasteiger partial charge in [-0.2, -0.15) is 11.8 Å². The Morgan fingerprint density at radius 2 is 1.93 bits per heavy atom. The molecule has 3 heteroatoms. The van der Waals surface area contributed by atoms with E-state index in [0.717, 1.165) is 18.9 Å². The first kappa shape index (κ1) is 15.3. The Morgan fingerprint density at radius 1 is 1.33 bits per heavy atom. The predicted molar refractivity (Wildman–Crippen MR) is 70.7 cm³/mol. The van der Waals surface area contributed by atoms with Crippen molar-refractivity contribution in [3.05, 3.63) is 0 Å². The van der Waals surface area contributed by atoms with Gasteiger partial charge in [0.05, 0.1) is 5.60 Å². The lowest BCUT2D eigenvalue weighted by Crippen LogP contribution is -2.37. The summed E-state index contributed by atoms with van der Waals surface area (Å²) >= 11 is 1.91. The summed E-state index contributed by atoms with van der Waals surface area (Å²) in [7, 11) is 1.78. The van der Waals surface area contributed by atoms with Gasteiger partial charge in [0.1, 0.15) is 0 Å². The molecule has 0 aromatic rings. The molecule has 0 rings (SSSR count). The Morgan fingerprint density at radius 3 is 2.40 bits per heavy atom. The zero-order valence-corrected chi connectivity index (χ0v) is 11.9. The SMILES string of the molecule is COC(C)(C)CC(C)NCC(C)CSC. The lowest BCUT2D eigenvalue weighted by Gasteiger charge is -2.27. The summed E-state index contributed by atoms with van der Waals surface area (Å²) in [5.74, 6) is 1.97. The molecule has 0 saturated heterocycles. The Kier molecular flexibility index (Phi) is 7.66. The first-order chi connectivity index (χ1) is 6.91. The van der Waals surface area contributed by atoms with Crippen LogP contribution in [0.5, 0.6) is 0 Å². The molecule has 15 heavy (non-hydrogen) atoms. The Balaban J connectivity index is 3.70. The predicted octanol–water partition coefficient (Wildman–Crippen LogP) is 2.78. The first-order valence-corrected chi connectivity index (χ1v) is 7.08. The van der Waals surface area contributed by atoms with Gasteiger partial charge in [-0.05, 0) is 51.7 Å². The second-order valence-corrected chi connectivity index (χ2v) is 5.95. The fraction of sp³-hybridized carbons (Fsp3) is 1.00. The topological polar surface area (TPSA) is 21.3 Å². The Bertz CT molecular complexity index is 162. The first-order valence-electron chi connectivity index (χ1n) is 5.68. The minimum Gasteiger partial charge on any atom is -0.379 e. The zero-order valence-electron chi connectivity index (χ0n) is 11.1. The third-order valence-corrected chi connectivity index (χ3v) is 3.52. The summed E-state index contributed by atoms with van der Waals surface area (Å²) in [6.45, 7) is 9.89. The van der Waals surface area contributed by atoms with E-state index in [2.05, 4.69) is 39.3 Å². The fourth-order valence-electron chi connectivity index (χ4n) is 1.64. The number of ether oxygens (including phenoxy) is 1. The van der Waals surface area contributed by atoms with Gasteiger partial charge in [-0.3, -0.25) is 0 Å². The summed E-state index contributed by atoms with van der Waals surface area (Å²) < 4.78 is 5.42. The third-order valence-electron chi connectivity index (χ3n) is 2.62. The van der Waals surface area contributed by atoms with E-state index in [1.807, 2.05) is 11.8 Å². The van der Waals surface area contributed by atoms with Crippen LogP contribution in [0.25, 0.3) is 0 Å². The van der Waals surface area contributed by atoms with Gasteiger partial charge >= 0.3 is 0 Å². The number of hydrogen-bond acceptors (Lipinski definition) is 3. The quantitative estimate of drug-likeness (QED) is 0.696. The molecule has 0 spiro atoms. The average molecular weight is 233 g/mol. The molecule has 0 aromatic carbocycles. The van der Waals surface area contributed by atoms with Crippen LogP contribution in [0.1, 0.15) is 34.1 Å². The van der Waals surface area contributed by atoms with Gasteiger partial charge in [-0.25, -0.2) is 0 Å². The molecule has 0 aliphatic heterocycles. The maximum Gasteiger partial charge on any atom is 0.0637 e. The van der Waals surface area contributed by atoms with Crippen molar-refractivity contribution in [3.63, 3.8) is 0 Å². The molecule has 2 unspecified atom stereocenters. The number of methoxy groups -OCH3 is 1. The van der Waals surface area contributed by atoms with Crippen LogP contribution >= 0.6 is 11.8 Å². The van der Waals surface area contributed by atoms with Crippen molar-refractivity contribution in [2.24, 2.45) is 5.92 Å². The molecule has 92 valence electrons. The highest BCUT2D eigenvalue weighted by Crippen LogP contribution is 2.15. The van der Waals surface area contributed by atoms with E-state index >= 15 is 0 Å².